The second kappa shape index (κ2) is 6.81. The molecule has 1 aromatic rings. The maximum atomic E-state index is 12.0. The summed E-state index contributed by atoms with van der Waals surface area (Å²) < 4.78 is 0. The Morgan fingerprint density at radius 2 is 2.22 bits per heavy atom. The molecule has 98 valence electrons. The molecule has 0 saturated heterocycles. The van der Waals surface area contributed by atoms with Crippen LogP contribution in [0.3, 0.4) is 0 Å². The summed E-state index contributed by atoms with van der Waals surface area (Å²) in [6.07, 6.45) is 1.85. The number of carbonyl (C=O) groups is 1. The van der Waals surface area contributed by atoms with Gasteiger partial charge in [0.25, 0.3) is 0 Å². The Hall–Kier alpha value is -1.00. The van der Waals surface area contributed by atoms with Gasteiger partial charge in [-0.05, 0) is 37.6 Å². The molecule has 0 radical (unpaired) electrons. The Bertz CT molecular complexity index is 384. The van der Waals surface area contributed by atoms with Gasteiger partial charge in [-0.25, -0.2) is 0 Å². The Labute approximate surface area is 113 Å². The van der Waals surface area contributed by atoms with Crippen LogP contribution in [0.1, 0.15) is 18.9 Å². The number of hydrogen-bond donors (Lipinski definition) is 2. The topological polar surface area (TPSA) is 41.1 Å². The third-order valence-electron chi connectivity index (χ3n) is 3.02. The van der Waals surface area contributed by atoms with Crippen LogP contribution >= 0.6 is 11.8 Å². The van der Waals surface area contributed by atoms with E-state index < -0.39 is 0 Å². The summed E-state index contributed by atoms with van der Waals surface area (Å²) in [6, 6.07) is 8.28. The zero-order valence-electron chi connectivity index (χ0n) is 10.7. The Balaban J connectivity index is 1.72. The summed E-state index contributed by atoms with van der Waals surface area (Å²) >= 11 is 1.68. The first-order valence-corrected chi connectivity index (χ1v) is 7.42. The maximum Gasteiger partial charge on any atom is 0.233 e. The monoisotopic (exact) mass is 264 g/mol. The van der Waals surface area contributed by atoms with E-state index in [2.05, 4.69) is 29.7 Å². The Morgan fingerprint density at radius 3 is 3.00 bits per heavy atom. The minimum absolute atomic E-state index is 0.0570. The molecule has 18 heavy (non-hydrogen) atoms. The van der Waals surface area contributed by atoms with E-state index in [0.717, 1.165) is 32.5 Å². The van der Waals surface area contributed by atoms with Crippen LogP contribution in [0, 0.1) is 0 Å². The fourth-order valence-electron chi connectivity index (χ4n) is 2.04. The Kier molecular flexibility index (Phi) is 5.08. The van der Waals surface area contributed by atoms with Crippen LogP contribution < -0.4 is 10.6 Å². The number of carbonyl (C=O) groups excluding carboxylic acids is 1. The van der Waals surface area contributed by atoms with Crippen molar-refractivity contribution in [2.24, 2.45) is 0 Å². The molecule has 4 heteroatoms. The highest BCUT2D eigenvalue weighted by Gasteiger charge is 2.27. The van der Waals surface area contributed by atoms with Gasteiger partial charge in [0.2, 0.25) is 5.91 Å². The summed E-state index contributed by atoms with van der Waals surface area (Å²) in [4.78, 5) is 13.2. The van der Waals surface area contributed by atoms with Gasteiger partial charge in [-0.1, -0.05) is 25.1 Å². The molecule has 1 amide bonds. The number of fused-ring (bicyclic) bond motifs is 1. The highest BCUT2D eigenvalue weighted by molar-refractivity contribution is 8.01. The van der Waals surface area contributed by atoms with E-state index in [0.29, 0.717) is 0 Å². The highest BCUT2D eigenvalue weighted by Crippen LogP contribution is 2.36. The normalized spacial score (nSPS) is 17.5. The summed E-state index contributed by atoms with van der Waals surface area (Å²) in [5.74, 6) is 0.174. The van der Waals surface area contributed by atoms with Crippen LogP contribution in [0.25, 0.3) is 0 Å². The summed E-state index contributed by atoms with van der Waals surface area (Å²) in [6.45, 7) is 4.81. The van der Waals surface area contributed by atoms with Crippen LogP contribution in [-0.4, -0.2) is 30.8 Å². The molecular formula is C14H20N2OS. The molecule has 3 nitrogen and oxygen atoms in total. The predicted octanol–water partition coefficient (Wildman–Crippen LogP) is 1.82. The number of nitrogens with one attached hydrogen (secondary N) is 2. The zero-order valence-corrected chi connectivity index (χ0v) is 11.6. The standard InChI is InChI=1S/C14H20N2OS/c1-2-15-8-5-9-16-14(17)13-10-11-6-3-4-7-12(11)18-13/h3-4,6-7,13,15H,2,5,8-10H2,1H3,(H,16,17). The number of thioether (sulfide) groups is 1. The first-order valence-electron chi connectivity index (χ1n) is 6.54. The molecule has 0 saturated carbocycles. The molecule has 0 aliphatic carbocycles. The van der Waals surface area contributed by atoms with E-state index >= 15 is 0 Å². The lowest BCUT2D eigenvalue weighted by Gasteiger charge is -2.09. The summed E-state index contributed by atoms with van der Waals surface area (Å²) in [7, 11) is 0. The Morgan fingerprint density at radius 1 is 1.39 bits per heavy atom. The molecule has 0 spiro atoms. The average Bonchev–Trinajstić information content (AvgIpc) is 2.82. The quantitative estimate of drug-likeness (QED) is 0.770. The van der Waals surface area contributed by atoms with E-state index in [1.165, 1.54) is 10.5 Å². The lowest BCUT2D eigenvalue weighted by molar-refractivity contribution is -0.120. The first kappa shape index (κ1) is 13.4. The van der Waals surface area contributed by atoms with Crippen molar-refractivity contribution in [2.45, 2.75) is 29.9 Å². The number of benzene rings is 1. The third-order valence-corrected chi connectivity index (χ3v) is 4.34. The van der Waals surface area contributed by atoms with Crippen molar-refractivity contribution in [3.63, 3.8) is 0 Å². The summed E-state index contributed by atoms with van der Waals surface area (Å²) in [5.41, 5.74) is 1.30. The molecule has 0 fully saturated rings. The smallest absolute Gasteiger partial charge is 0.233 e. The maximum absolute atomic E-state index is 12.0. The molecule has 1 aliphatic heterocycles. The molecule has 1 aromatic carbocycles. The van der Waals surface area contributed by atoms with Crippen LogP contribution in [0.4, 0.5) is 0 Å². The van der Waals surface area contributed by atoms with E-state index in [-0.39, 0.29) is 11.2 Å². The van der Waals surface area contributed by atoms with Crippen LogP contribution in [-0.2, 0) is 11.2 Å². The zero-order chi connectivity index (χ0) is 12.8. The van der Waals surface area contributed by atoms with Gasteiger partial charge in [-0.3, -0.25) is 4.79 Å². The van der Waals surface area contributed by atoms with Crippen molar-refractivity contribution in [1.29, 1.82) is 0 Å². The van der Waals surface area contributed by atoms with E-state index in [9.17, 15) is 4.79 Å². The molecular weight excluding hydrogens is 244 g/mol. The highest BCUT2D eigenvalue weighted by atomic mass is 32.2. The predicted molar refractivity (Wildman–Crippen MR) is 76.0 cm³/mol. The first-order chi connectivity index (χ1) is 8.81. The molecule has 2 N–H and O–H groups in total. The van der Waals surface area contributed by atoms with Gasteiger partial charge in [0.1, 0.15) is 0 Å². The van der Waals surface area contributed by atoms with E-state index in [4.69, 9.17) is 0 Å². The van der Waals surface area contributed by atoms with E-state index in [1.807, 2.05) is 12.1 Å². The second-order valence-electron chi connectivity index (χ2n) is 4.42. The van der Waals surface area contributed by atoms with Crippen molar-refractivity contribution in [2.75, 3.05) is 19.6 Å². The summed E-state index contributed by atoms with van der Waals surface area (Å²) in [5, 5.41) is 6.32. The number of rotatable bonds is 6. The number of amides is 1. The van der Waals surface area contributed by atoms with Crippen molar-refractivity contribution in [3.05, 3.63) is 29.8 Å². The third kappa shape index (κ3) is 3.50. The van der Waals surface area contributed by atoms with Crippen molar-refractivity contribution in [1.82, 2.24) is 10.6 Å². The lowest BCUT2D eigenvalue weighted by atomic mass is 10.1. The van der Waals surface area contributed by atoms with Crippen molar-refractivity contribution in [3.8, 4) is 0 Å². The average molecular weight is 264 g/mol. The molecule has 1 heterocycles. The molecule has 1 aliphatic rings. The molecule has 0 aromatic heterocycles. The van der Waals surface area contributed by atoms with Crippen molar-refractivity contribution < 1.29 is 4.79 Å². The number of hydrogen-bond acceptors (Lipinski definition) is 3. The fourth-order valence-corrected chi connectivity index (χ4v) is 3.26. The van der Waals surface area contributed by atoms with Gasteiger partial charge < -0.3 is 10.6 Å². The van der Waals surface area contributed by atoms with Gasteiger partial charge in [-0.15, -0.1) is 11.8 Å². The molecule has 0 bridgehead atoms. The molecule has 1 unspecified atom stereocenters. The lowest BCUT2D eigenvalue weighted by Crippen LogP contribution is -2.34. The van der Waals surface area contributed by atoms with Crippen LogP contribution in [0.2, 0.25) is 0 Å². The van der Waals surface area contributed by atoms with Gasteiger partial charge in [-0.2, -0.15) is 0 Å². The van der Waals surface area contributed by atoms with Crippen LogP contribution in [0.5, 0.6) is 0 Å². The van der Waals surface area contributed by atoms with Gasteiger partial charge >= 0.3 is 0 Å². The van der Waals surface area contributed by atoms with Gasteiger partial charge in [0.05, 0.1) is 5.25 Å². The fraction of sp³-hybridized carbons (Fsp3) is 0.500. The SMILES string of the molecule is CCNCCCNC(=O)C1Cc2ccccc2S1. The second-order valence-corrected chi connectivity index (χ2v) is 5.66. The van der Waals surface area contributed by atoms with E-state index in [1.54, 1.807) is 11.8 Å². The van der Waals surface area contributed by atoms with Crippen molar-refractivity contribution >= 4 is 17.7 Å². The van der Waals surface area contributed by atoms with Gasteiger partial charge in [0, 0.05) is 11.4 Å². The van der Waals surface area contributed by atoms with Gasteiger partial charge in [0.15, 0.2) is 0 Å². The van der Waals surface area contributed by atoms with Crippen LogP contribution in [0.15, 0.2) is 29.2 Å². The molecule has 2 rings (SSSR count). The minimum atomic E-state index is 0.0570. The minimum Gasteiger partial charge on any atom is -0.355 e. The molecule has 1 atom stereocenters. The largest absolute Gasteiger partial charge is 0.355 e.